The molecular formula is C26H38O3. The zero-order valence-corrected chi connectivity index (χ0v) is 18.6. The van der Waals surface area contributed by atoms with Crippen molar-refractivity contribution in [2.75, 3.05) is 0 Å². The van der Waals surface area contributed by atoms with Gasteiger partial charge in [0.25, 0.3) is 0 Å². The van der Waals surface area contributed by atoms with Crippen LogP contribution in [0.3, 0.4) is 0 Å². The summed E-state index contributed by atoms with van der Waals surface area (Å²) in [5, 5.41) is 9.91. The molecule has 1 aromatic carbocycles. The van der Waals surface area contributed by atoms with Gasteiger partial charge in [-0.25, -0.2) is 0 Å². The van der Waals surface area contributed by atoms with E-state index in [1.807, 2.05) is 0 Å². The molecule has 0 spiro atoms. The third-order valence-electron chi connectivity index (χ3n) is 7.94. The smallest absolute Gasteiger partial charge is 0.309 e. The van der Waals surface area contributed by atoms with E-state index in [4.69, 9.17) is 4.74 Å². The van der Waals surface area contributed by atoms with Gasteiger partial charge in [-0.3, -0.25) is 4.79 Å². The van der Waals surface area contributed by atoms with Crippen molar-refractivity contribution in [2.24, 2.45) is 29.1 Å². The summed E-state index contributed by atoms with van der Waals surface area (Å²) in [5.41, 5.74) is 1.91. The van der Waals surface area contributed by atoms with Crippen molar-refractivity contribution in [2.45, 2.75) is 90.8 Å². The zero-order valence-electron chi connectivity index (χ0n) is 18.6. The number of carbonyl (C=O) groups is 1. The maximum atomic E-state index is 12.0. The molecule has 3 nitrogen and oxygen atoms in total. The van der Waals surface area contributed by atoms with Gasteiger partial charge in [-0.2, -0.15) is 0 Å². The lowest BCUT2D eigenvalue weighted by Gasteiger charge is -2.60. The van der Waals surface area contributed by atoms with Crippen LogP contribution in [0.5, 0.6) is 0 Å². The minimum atomic E-state index is -0.589. The highest BCUT2D eigenvalue weighted by Gasteiger charge is 2.61. The first-order valence-corrected chi connectivity index (χ1v) is 11.7. The average Bonchev–Trinajstić information content (AvgIpc) is 2.63. The SMILES string of the molecule is CC(C)CC(c1ccc(COC23CC4CC(C2)CC(C(=O)O)(C4)C3)cc1)C(C)C. The van der Waals surface area contributed by atoms with Crippen LogP contribution in [0.4, 0.5) is 0 Å². The highest BCUT2D eigenvalue weighted by atomic mass is 16.5. The van der Waals surface area contributed by atoms with Crippen molar-refractivity contribution in [3.05, 3.63) is 35.4 Å². The molecule has 1 N–H and O–H groups in total. The Kier molecular flexibility index (Phi) is 5.57. The van der Waals surface area contributed by atoms with E-state index in [9.17, 15) is 9.90 Å². The first-order valence-electron chi connectivity index (χ1n) is 11.7. The maximum Gasteiger partial charge on any atom is 0.309 e. The second-order valence-corrected chi connectivity index (χ2v) is 11.2. The number of benzene rings is 1. The van der Waals surface area contributed by atoms with Gasteiger partial charge in [0.1, 0.15) is 0 Å². The lowest BCUT2D eigenvalue weighted by Crippen LogP contribution is -2.59. The lowest BCUT2D eigenvalue weighted by atomic mass is 9.48. The molecule has 0 heterocycles. The minimum absolute atomic E-state index is 0.209. The molecule has 0 aliphatic heterocycles. The van der Waals surface area contributed by atoms with Gasteiger partial charge in [-0.15, -0.1) is 0 Å². The van der Waals surface area contributed by atoms with Crippen LogP contribution in [0.1, 0.15) is 89.7 Å². The van der Waals surface area contributed by atoms with Crippen molar-refractivity contribution >= 4 is 5.97 Å². The zero-order chi connectivity index (χ0) is 20.8. The first kappa shape index (κ1) is 20.9. The number of aliphatic carboxylic acids is 1. The summed E-state index contributed by atoms with van der Waals surface area (Å²) in [4.78, 5) is 12.0. The first-order chi connectivity index (χ1) is 13.7. The molecule has 0 radical (unpaired) electrons. The Labute approximate surface area is 176 Å². The highest BCUT2D eigenvalue weighted by molar-refractivity contribution is 5.75. The predicted octanol–water partition coefficient (Wildman–Crippen LogP) is 6.41. The summed E-state index contributed by atoms with van der Waals surface area (Å²) >= 11 is 0. The Morgan fingerprint density at radius 2 is 1.69 bits per heavy atom. The van der Waals surface area contributed by atoms with Crippen LogP contribution in [0, 0.1) is 29.1 Å². The molecule has 4 aliphatic carbocycles. The third kappa shape index (κ3) is 4.13. The average molecular weight is 399 g/mol. The Morgan fingerprint density at radius 3 is 2.21 bits per heavy atom. The van der Waals surface area contributed by atoms with E-state index < -0.39 is 11.4 Å². The molecule has 1 aromatic rings. The molecule has 3 unspecified atom stereocenters. The predicted molar refractivity (Wildman–Crippen MR) is 116 cm³/mol. The van der Waals surface area contributed by atoms with Crippen LogP contribution in [0.2, 0.25) is 0 Å². The molecule has 29 heavy (non-hydrogen) atoms. The second kappa shape index (κ2) is 7.72. The monoisotopic (exact) mass is 398 g/mol. The summed E-state index contributed by atoms with van der Waals surface area (Å²) in [5.74, 6) is 2.43. The number of ether oxygens (including phenoxy) is 1. The molecule has 0 aromatic heterocycles. The molecule has 4 bridgehead atoms. The maximum absolute atomic E-state index is 12.0. The molecule has 4 fully saturated rings. The van der Waals surface area contributed by atoms with E-state index in [2.05, 4.69) is 52.0 Å². The summed E-state index contributed by atoms with van der Waals surface area (Å²) in [7, 11) is 0. The van der Waals surface area contributed by atoms with Gasteiger partial charge in [-0.1, -0.05) is 52.0 Å². The second-order valence-electron chi connectivity index (χ2n) is 11.2. The normalized spacial score (nSPS) is 34.1. The van der Waals surface area contributed by atoms with E-state index in [0.717, 1.165) is 25.7 Å². The van der Waals surface area contributed by atoms with Gasteiger partial charge in [0, 0.05) is 0 Å². The molecular weight excluding hydrogens is 360 g/mol. The van der Waals surface area contributed by atoms with Gasteiger partial charge in [-0.05, 0) is 85.7 Å². The highest BCUT2D eigenvalue weighted by Crippen LogP contribution is 2.63. The van der Waals surface area contributed by atoms with Gasteiger partial charge >= 0.3 is 5.97 Å². The topological polar surface area (TPSA) is 46.5 Å². The van der Waals surface area contributed by atoms with Gasteiger partial charge < -0.3 is 9.84 Å². The number of hydrogen-bond donors (Lipinski definition) is 1. The van der Waals surface area contributed by atoms with Crippen molar-refractivity contribution in [3.63, 3.8) is 0 Å². The fourth-order valence-electron chi connectivity index (χ4n) is 7.00. The minimum Gasteiger partial charge on any atom is -0.481 e. The van der Waals surface area contributed by atoms with E-state index in [-0.39, 0.29) is 5.60 Å². The number of carboxylic acid groups (broad SMARTS) is 1. The third-order valence-corrected chi connectivity index (χ3v) is 7.94. The van der Waals surface area contributed by atoms with E-state index in [0.29, 0.717) is 42.6 Å². The molecule has 160 valence electrons. The van der Waals surface area contributed by atoms with Gasteiger partial charge in [0.05, 0.1) is 17.6 Å². The van der Waals surface area contributed by atoms with Crippen LogP contribution in [-0.4, -0.2) is 16.7 Å². The van der Waals surface area contributed by atoms with Crippen LogP contribution in [0.15, 0.2) is 24.3 Å². The van der Waals surface area contributed by atoms with E-state index >= 15 is 0 Å². The number of hydrogen-bond acceptors (Lipinski definition) is 2. The Hall–Kier alpha value is -1.35. The number of rotatable bonds is 8. The van der Waals surface area contributed by atoms with Gasteiger partial charge in [0.15, 0.2) is 0 Å². The largest absolute Gasteiger partial charge is 0.481 e. The Balaban J connectivity index is 1.44. The van der Waals surface area contributed by atoms with E-state index in [1.54, 1.807) is 0 Å². The van der Waals surface area contributed by atoms with Crippen molar-refractivity contribution in [1.82, 2.24) is 0 Å². The van der Waals surface area contributed by atoms with Crippen molar-refractivity contribution in [1.29, 1.82) is 0 Å². The molecule has 0 amide bonds. The standard InChI is InChI=1S/C26H38O3/c1-17(2)9-23(18(3)4)22-7-5-19(6-8-22)15-29-26-13-20-10-21(14-26)12-25(11-20,16-26)24(27)28/h5-8,17-18,20-21,23H,9-16H2,1-4H3,(H,27,28). The van der Waals surface area contributed by atoms with Crippen LogP contribution in [0.25, 0.3) is 0 Å². The van der Waals surface area contributed by atoms with E-state index in [1.165, 1.54) is 24.0 Å². The van der Waals surface area contributed by atoms with Crippen molar-refractivity contribution < 1.29 is 14.6 Å². The van der Waals surface area contributed by atoms with Gasteiger partial charge in [0.2, 0.25) is 0 Å². The molecule has 4 saturated carbocycles. The summed E-state index contributed by atoms with van der Waals surface area (Å²) in [6, 6.07) is 9.01. The Bertz CT molecular complexity index is 719. The van der Waals surface area contributed by atoms with Crippen LogP contribution < -0.4 is 0 Å². The molecule has 3 atom stereocenters. The lowest BCUT2D eigenvalue weighted by molar-refractivity contribution is -0.210. The molecule has 0 saturated heterocycles. The Morgan fingerprint density at radius 1 is 1.07 bits per heavy atom. The fraction of sp³-hybridized carbons (Fsp3) is 0.731. The molecule has 3 heteroatoms. The summed E-state index contributed by atoms with van der Waals surface area (Å²) < 4.78 is 6.55. The molecule has 4 aliphatic rings. The quantitative estimate of drug-likeness (QED) is 0.550. The van der Waals surface area contributed by atoms with Crippen molar-refractivity contribution in [3.8, 4) is 0 Å². The number of carboxylic acids is 1. The summed E-state index contributed by atoms with van der Waals surface area (Å²) in [6.45, 7) is 9.83. The van der Waals surface area contributed by atoms with Crippen LogP contribution in [-0.2, 0) is 16.1 Å². The summed E-state index contributed by atoms with van der Waals surface area (Å²) in [6.07, 6.45) is 6.99. The van der Waals surface area contributed by atoms with Crippen LogP contribution >= 0.6 is 0 Å². The molecule has 5 rings (SSSR count). The fourth-order valence-corrected chi connectivity index (χ4v) is 7.00.